The molecule has 2 rings (SSSR count). The molecule has 0 saturated carbocycles. The van der Waals surface area contributed by atoms with Gasteiger partial charge in [-0.25, -0.2) is 4.39 Å². The largest absolute Gasteiger partial charge is 0.312 e. The third-order valence-corrected chi connectivity index (χ3v) is 4.64. The lowest BCUT2D eigenvalue weighted by Gasteiger charge is -2.12. The van der Waals surface area contributed by atoms with Crippen LogP contribution in [0.3, 0.4) is 0 Å². The molecule has 102 valence electrons. The fourth-order valence-corrected chi connectivity index (χ4v) is 3.61. The van der Waals surface area contributed by atoms with Gasteiger partial charge in [-0.1, -0.05) is 24.9 Å². The Kier molecular flexibility index (Phi) is 4.97. The number of thiophene rings is 1. The van der Waals surface area contributed by atoms with Crippen molar-refractivity contribution in [2.75, 3.05) is 7.05 Å². The van der Waals surface area contributed by atoms with Crippen LogP contribution in [-0.2, 0) is 0 Å². The van der Waals surface area contributed by atoms with Gasteiger partial charge in [0.05, 0.1) is 5.02 Å². The van der Waals surface area contributed by atoms with Crippen LogP contribution in [-0.4, -0.2) is 7.05 Å². The highest BCUT2D eigenvalue weighted by Crippen LogP contribution is 2.36. The predicted molar refractivity (Wildman–Crippen MR) is 81.4 cm³/mol. The van der Waals surface area contributed by atoms with Crippen molar-refractivity contribution in [2.45, 2.75) is 25.8 Å². The Balaban J connectivity index is 2.29. The highest BCUT2D eigenvalue weighted by molar-refractivity contribution is 7.15. The fraction of sp³-hybridized carbons (Fsp3) is 0.333. The van der Waals surface area contributed by atoms with Crippen LogP contribution >= 0.6 is 22.9 Å². The van der Waals surface area contributed by atoms with Gasteiger partial charge in [-0.2, -0.15) is 0 Å². The Morgan fingerprint density at radius 1 is 1.32 bits per heavy atom. The summed E-state index contributed by atoms with van der Waals surface area (Å²) in [6.07, 6.45) is 2.24. The molecule has 19 heavy (non-hydrogen) atoms. The van der Waals surface area contributed by atoms with E-state index >= 15 is 0 Å². The molecule has 0 bridgehead atoms. The minimum Gasteiger partial charge on any atom is -0.312 e. The second-order valence-electron chi connectivity index (χ2n) is 4.46. The first-order chi connectivity index (χ1) is 9.15. The lowest BCUT2D eigenvalue weighted by atomic mass is 10.1. The second kappa shape index (κ2) is 6.51. The maximum absolute atomic E-state index is 13.1. The van der Waals surface area contributed by atoms with Crippen molar-refractivity contribution >= 4 is 22.9 Å². The Hall–Kier alpha value is -0.900. The molecule has 0 spiro atoms. The first-order valence-electron chi connectivity index (χ1n) is 6.38. The van der Waals surface area contributed by atoms with Crippen LogP contribution < -0.4 is 5.32 Å². The third kappa shape index (κ3) is 3.35. The van der Waals surface area contributed by atoms with Gasteiger partial charge in [-0.05, 0) is 43.8 Å². The maximum atomic E-state index is 13.1. The van der Waals surface area contributed by atoms with E-state index in [0.717, 1.165) is 23.3 Å². The number of nitrogens with one attached hydrogen (secondary N) is 1. The molecule has 4 heteroatoms. The van der Waals surface area contributed by atoms with E-state index in [1.807, 2.05) is 7.05 Å². The highest BCUT2D eigenvalue weighted by atomic mass is 35.5. The zero-order valence-electron chi connectivity index (χ0n) is 11.0. The van der Waals surface area contributed by atoms with E-state index in [1.54, 1.807) is 17.4 Å². The van der Waals surface area contributed by atoms with Crippen LogP contribution in [0.2, 0.25) is 5.02 Å². The van der Waals surface area contributed by atoms with E-state index in [0.29, 0.717) is 11.1 Å². The summed E-state index contributed by atoms with van der Waals surface area (Å²) in [7, 11) is 1.98. The van der Waals surface area contributed by atoms with E-state index in [9.17, 15) is 4.39 Å². The highest BCUT2D eigenvalue weighted by Gasteiger charge is 2.13. The van der Waals surface area contributed by atoms with Gasteiger partial charge in [0, 0.05) is 21.4 Å². The quantitative estimate of drug-likeness (QED) is 0.793. The molecule has 2 aromatic rings. The van der Waals surface area contributed by atoms with Crippen LogP contribution in [0.1, 0.15) is 30.7 Å². The Morgan fingerprint density at radius 3 is 2.74 bits per heavy atom. The normalized spacial score (nSPS) is 12.6. The van der Waals surface area contributed by atoms with Crippen LogP contribution in [0.15, 0.2) is 30.3 Å². The van der Waals surface area contributed by atoms with Gasteiger partial charge in [-0.15, -0.1) is 11.3 Å². The molecular formula is C15H17ClFNS. The monoisotopic (exact) mass is 297 g/mol. The average molecular weight is 298 g/mol. The van der Waals surface area contributed by atoms with Crippen LogP contribution in [0.5, 0.6) is 0 Å². The van der Waals surface area contributed by atoms with Crippen molar-refractivity contribution in [1.82, 2.24) is 5.32 Å². The summed E-state index contributed by atoms with van der Waals surface area (Å²) < 4.78 is 13.1. The molecule has 0 radical (unpaired) electrons. The smallest absolute Gasteiger partial charge is 0.124 e. The third-order valence-electron chi connectivity index (χ3n) is 3.09. The Bertz CT molecular complexity index is 553. The van der Waals surface area contributed by atoms with Crippen molar-refractivity contribution in [3.8, 4) is 10.4 Å². The van der Waals surface area contributed by atoms with Gasteiger partial charge in [0.1, 0.15) is 5.82 Å². The molecular weight excluding hydrogens is 281 g/mol. The van der Waals surface area contributed by atoms with E-state index in [2.05, 4.69) is 24.4 Å². The molecule has 0 aliphatic rings. The molecule has 1 heterocycles. The first-order valence-corrected chi connectivity index (χ1v) is 7.57. The number of benzene rings is 1. The van der Waals surface area contributed by atoms with Crippen LogP contribution in [0.25, 0.3) is 10.4 Å². The molecule has 1 unspecified atom stereocenters. The first kappa shape index (κ1) is 14.5. The predicted octanol–water partition coefficient (Wildman–Crippen LogP) is 5.27. The topological polar surface area (TPSA) is 12.0 Å². The van der Waals surface area contributed by atoms with E-state index in [-0.39, 0.29) is 5.82 Å². The van der Waals surface area contributed by atoms with Crippen molar-refractivity contribution in [2.24, 2.45) is 0 Å². The molecule has 0 aliphatic heterocycles. The lowest BCUT2D eigenvalue weighted by molar-refractivity contribution is 0.550. The number of hydrogen-bond donors (Lipinski definition) is 1. The van der Waals surface area contributed by atoms with Gasteiger partial charge in [0.2, 0.25) is 0 Å². The minimum atomic E-state index is -0.301. The summed E-state index contributed by atoms with van der Waals surface area (Å²) in [5.41, 5.74) is 0.894. The average Bonchev–Trinajstić information content (AvgIpc) is 2.85. The zero-order chi connectivity index (χ0) is 13.8. The summed E-state index contributed by atoms with van der Waals surface area (Å²) in [5, 5.41) is 3.79. The second-order valence-corrected chi connectivity index (χ2v) is 5.98. The molecule has 1 nitrogen and oxygen atoms in total. The summed E-state index contributed by atoms with van der Waals surface area (Å²) in [4.78, 5) is 2.37. The molecule has 0 aliphatic carbocycles. The van der Waals surface area contributed by atoms with Crippen LogP contribution in [0.4, 0.5) is 4.39 Å². The standard InChI is InChI=1S/C15H17ClFNS/c1-3-4-13(18-2)15-8-7-14(19-15)11-6-5-10(17)9-12(11)16/h5-9,13,18H,3-4H2,1-2H3. The van der Waals surface area contributed by atoms with Crippen molar-refractivity contribution < 1.29 is 4.39 Å². The molecule has 1 N–H and O–H groups in total. The molecule has 0 amide bonds. The minimum absolute atomic E-state index is 0.301. The van der Waals surface area contributed by atoms with Crippen LogP contribution in [0, 0.1) is 5.82 Å². The van der Waals surface area contributed by atoms with Crippen molar-refractivity contribution in [3.63, 3.8) is 0 Å². The number of rotatable bonds is 5. The van der Waals surface area contributed by atoms with E-state index in [4.69, 9.17) is 11.6 Å². The summed E-state index contributed by atoms with van der Waals surface area (Å²) >= 11 is 7.81. The Labute approximate surface area is 122 Å². The van der Waals surface area contributed by atoms with Crippen molar-refractivity contribution in [1.29, 1.82) is 0 Å². The van der Waals surface area contributed by atoms with Gasteiger partial charge in [0.15, 0.2) is 0 Å². The van der Waals surface area contributed by atoms with Gasteiger partial charge in [0.25, 0.3) is 0 Å². The van der Waals surface area contributed by atoms with E-state index < -0.39 is 0 Å². The van der Waals surface area contributed by atoms with E-state index in [1.165, 1.54) is 17.0 Å². The fourth-order valence-electron chi connectivity index (χ4n) is 2.09. The Morgan fingerprint density at radius 2 is 2.11 bits per heavy atom. The SMILES string of the molecule is CCCC(NC)c1ccc(-c2ccc(F)cc2Cl)s1. The summed E-state index contributed by atoms with van der Waals surface area (Å²) in [5.74, 6) is -0.301. The molecule has 0 saturated heterocycles. The molecule has 0 fully saturated rings. The molecule has 1 atom stereocenters. The number of halogens is 2. The molecule has 1 aromatic carbocycles. The summed E-state index contributed by atoms with van der Waals surface area (Å²) in [6, 6.07) is 9.10. The van der Waals surface area contributed by atoms with Gasteiger partial charge < -0.3 is 5.32 Å². The maximum Gasteiger partial charge on any atom is 0.124 e. The van der Waals surface area contributed by atoms with Gasteiger partial charge in [-0.3, -0.25) is 0 Å². The molecule has 1 aromatic heterocycles. The summed E-state index contributed by atoms with van der Waals surface area (Å²) in [6.45, 7) is 2.18. The number of hydrogen-bond acceptors (Lipinski definition) is 2. The van der Waals surface area contributed by atoms with Crippen molar-refractivity contribution in [3.05, 3.63) is 46.0 Å². The zero-order valence-corrected chi connectivity index (χ0v) is 12.6. The lowest BCUT2D eigenvalue weighted by Crippen LogP contribution is -2.14. The van der Waals surface area contributed by atoms with Gasteiger partial charge >= 0.3 is 0 Å².